The number of carbonyl (C=O) groups is 3. The van der Waals surface area contributed by atoms with Crippen LogP contribution in [0.4, 0.5) is 4.79 Å². The van der Waals surface area contributed by atoms with Crippen LogP contribution in [0.3, 0.4) is 0 Å². The molecule has 2 aromatic rings. The summed E-state index contributed by atoms with van der Waals surface area (Å²) in [7, 11) is 0. The van der Waals surface area contributed by atoms with E-state index in [-0.39, 0.29) is 31.9 Å². The number of amides is 2. The third-order valence-corrected chi connectivity index (χ3v) is 5.54. The van der Waals surface area contributed by atoms with E-state index in [0.717, 1.165) is 22.3 Å². The number of alkyl carbamates (subject to hydrolysis) is 1. The van der Waals surface area contributed by atoms with Crippen molar-refractivity contribution < 1.29 is 24.2 Å². The van der Waals surface area contributed by atoms with Gasteiger partial charge in [-0.2, -0.15) is 0 Å². The Morgan fingerprint density at radius 1 is 1.12 bits per heavy atom. The summed E-state index contributed by atoms with van der Waals surface area (Å²) < 4.78 is 5.49. The van der Waals surface area contributed by atoms with E-state index >= 15 is 0 Å². The maximum atomic E-state index is 12.8. The second-order valence-corrected chi connectivity index (χ2v) is 7.49. The standard InChI is InChI=1S/C25H26N2O5/c1-3-9-22(24(30)27(4-2)15-14-23(28)29)26-25(31)32-16-21-19-12-7-5-10-17(19)18-11-6-8-13-20(18)21/h1,5-8,10-13,21-22H,4,9,14-16H2,2H3,(H,26,31)(H,28,29). The van der Waals surface area contributed by atoms with Crippen molar-refractivity contribution in [1.29, 1.82) is 0 Å². The number of rotatable bonds is 9. The number of likely N-dealkylation sites (N-methyl/N-ethyl adjacent to an activating group) is 1. The lowest BCUT2D eigenvalue weighted by Crippen LogP contribution is -2.49. The minimum Gasteiger partial charge on any atom is -0.481 e. The number of aliphatic carboxylic acids is 1. The highest BCUT2D eigenvalue weighted by Gasteiger charge is 2.30. The van der Waals surface area contributed by atoms with Gasteiger partial charge in [0.2, 0.25) is 5.91 Å². The monoisotopic (exact) mass is 434 g/mol. The fraction of sp³-hybridized carbons (Fsp3) is 0.320. The average molecular weight is 434 g/mol. The number of terminal acetylenes is 1. The van der Waals surface area contributed by atoms with Gasteiger partial charge in [-0.25, -0.2) is 4.79 Å². The molecule has 0 saturated carbocycles. The highest BCUT2D eigenvalue weighted by molar-refractivity contribution is 5.86. The third kappa shape index (κ3) is 5.09. The summed E-state index contributed by atoms with van der Waals surface area (Å²) in [6.45, 7) is 2.20. The molecule has 7 nitrogen and oxygen atoms in total. The fourth-order valence-electron chi connectivity index (χ4n) is 3.98. The molecule has 0 saturated heterocycles. The van der Waals surface area contributed by atoms with Crippen molar-refractivity contribution >= 4 is 18.0 Å². The predicted molar refractivity (Wildman–Crippen MR) is 120 cm³/mol. The van der Waals surface area contributed by atoms with Crippen molar-refractivity contribution in [3.8, 4) is 23.5 Å². The van der Waals surface area contributed by atoms with Gasteiger partial charge in [0.25, 0.3) is 0 Å². The summed E-state index contributed by atoms with van der Waals surface area (Å²) in [6.07, 6.45) is 4.43. The van der Waals surface area contributed by atoms with Crippen LogP contribution in [0.15, 0.2) is 48.5 Å². The van der Waals surface area contributed by atoms with E-state index in [1.807, 2.05) is 48.5 Å². The van der Waals surface area contributed by atoms with Crippen LogP contribution in [0.1, 0.15) is 36.8 Å². The summed E-state index contributed by atoms with van der Waals surface area (Å²) in [4.78, 5) is 37.5. The lowest BCUT2D eigenvalue weighted by molar-refractivity contribution is -0.139. The third-order valence-electron chi connectivity index (χ3n) is 5.54. The number of hydrogen-bond donors (Lipinski definition) is 2. The topological polar surface area (TPSA) is 95.9 Å². The maximum absolute atomic E-state index is 12.8. The van der Waals surface area contributed by atoms with Crippen molar-refractivity contribution in [3.05, 3.63) is 59.7 Å². The number of fused-ring (bicyclic) bond motifs is 3. The van der Waals surface area contributed by atoms with Gasteiger partial charge < -0.3 is 20.1 Å². The van der Waals surface area contributed by atoms with E-state index in [0.29, 0.717) is 6.54 Å². The highest BCUT2D eigenvalue weighted by Crippen LogP contribution is 2.44. The molecule has 1 aliphatic carbocycles. The van der Waals surface area contributed by atoms with Crippen molar-refractivity contribution in [2.75, 3.05) is 19.7 Å². The minimum absolute atomic E-state index is 0.0212. The quantitative estimate of drug-likeness (QED) is 0.591. The van der Waals surface area contributed by atoms with Crippen LogP contribution < -0.4 is 5.32 Å². The molecule has 0 aromatic heterocycles. The largest absolute Gasteiger partial charge is 0.481 e. The second kappa shape index (κ2) is 10.5. The van der Waals surface area contributed by atoms with E-state index in [4.69, 9.17) is 16.3 Å². The number of hydrogen-bond acceptors (Lipinski definition) is 4. The molecule has 0 radical (unpaired) electrons. The van der Waals surface area contributed by atoms with Crippen LogP contribution in [0.25, 0.3) is 11.1 Å². The van der Waals surface area contributed by atoms with Crippen molar-refractivity contribution in [3.63, 3.8) is 0 Å². The molecule has 0 fully saturated rings. The van der Waals surface area contributed by atoms with Gasteiger partial charge in [0, 0.05) is 25.4 Å². The van der Waals surface area contributed by atoms with Crippen LogP contribution in [0.2, 0.25) is 0 Å². The molecule has 7 heteroatoms. The Hall–Kier alpha value is -3.79. The lowest BCUT2D eigenvalue weighted by Gasteiger charge is -2.25. The Kier molecular flexibility index (Phi) is 7.50. The van der Waals surface area contributed by atoms with Gasteiger partial charge in [-0.1, -0.05) is 48.5 Å². The molecule has 1 aliphatic rings. The van der Waals surface area contributed by atoms with Gasteiger partial charge in [-0.05, 0) is 29.2 Å². The molecular formula is C25H26N2O5. The summed E-state index contributed by atoms with van der Waals surface area (Å²) in [6, 6.07) is 15.0. The smallest absolute Gasteiger partial charge is 0.407 e. The summed E-state index contributed by atoms with van der Waals surface area (Å²) in [5, 5.41) is 11.4. The molecule has 1 unspecified atom stereocenters. The molecule has 2 aromatic carbocycles. The van der Waals surface area contributed by atoms with E-state index in [9.17, 15) is 14.4 Å². The predicted octanol–water partition coefficient (Wildman–Crippen LogP) is 3.24. The lowest BCUT2D eigenvalue weighted by atomic mass is 9.98. The van der Waals surface area contributed by atoms with Gasteiger partial charge in [0.15, 0.2) is 0 Å². The number of carboxylic acid groups (broad SMARTS) is 1. The van der Waals surface area contributed by atoms with Crippen LogP contribution in [-0.2, 0) is 14.3 Å². The zero-order valence-electron chi connectivity index (χ0n) is 17.9. The molecule has 32 heavy (non-hydrogen) atoms. The minimum atomic E-state index is -1.01. The molecule has 0 bridgehead atoms. The fourth-order valence-corrected chi connectivity index (χ4v) is 3.98. The summed E-state index contributed by atoms with van der Waals surface area (Å²) >= 11 is 0. The van der Waals surface area contributed by atoms with Crippen molar-refractivity contribution in [2.24, 2.45) is 0 Å². The Labute approximate surface area is 187 Å². The Morgan fingerprint density at radius 2 is 1.72 bits per heavy atom. The first-order valence-electron chi connectivity index (χ1n) is 10.5. The number of nitrogens with one attached hydrogen (secondary N) is 1. The number of nitrogens with zero attached hydrogens (tertiary/aromatic N) is 1. The van der Waals surface area contributed by atoms with E-state index in [2.05, 4.69) is 11.2 Å². The van der Waals surface area contributed by atoms with Gasteiger partial charge >= 0.3 is 12.1 Å². The molecule has 0 heterocycles. The first kappa shape index (κ1) is 22.9. The van der Waals surface area contributed by atoms with Crippen LogP contribution in [-0.4, -0.2) is 53.7 Å². The Bertz CT molecular complexity index is 997. The van der Waals surface area contributed by atoms with E-state index in [1.54, 1.807) is 6.92 Å². The number of benzene rings is 2. The first-order chi connectivity index (χ1) is 15.5. The Morgan fingerprint density at radius 3 is 2.25 bits per heavy atom. The zero-order valence-corrected chi connectivity index (χ0v) is 17.9. The second-order valence-electron chi connectivity index (χ2n) is 7.49. The number of carboxylic acids is 1. The van der Waals surface area contributed by atoms with Gasteiger partial charge in [-0.3, -0.25) is 9.59 Å². The molecule has 2 amide bonds. The van der Waals surface area contributed by atoms with Crippen LogP contribution >= 0.6 is 0 Å². The number of ether oxygens (including phenoxy) is 1. The first-order valence-corrected chi connectivity index (χ1v) is 10.5. The van der Waals surface area contributed by atoms with Crippen molar-refractivity contribution in [1.82, 2.24) is 10.2 Å². The van der Waals surface area contributed by atoms with E-state index < -0.39 is 24.0 Å². The van der Waals surface area contributed by atoms with Crippen LogP contribution in [0, 0.1) is 12.3 Å². The Balaban J connectivity index is 1.66. The number of carbonyl (C=O) groups excluding carboxylic acids is 2. The molecule has 3 rings (SSSR count). The van der Waals surface area contributed by atoms with Gasteiger partial charge in [0.05, 0.1) is 6.42 Å². The van der Waals surface area contributed by atoms with Gasteiger partial charge in [0.1, 0.15) is 12.6 Å². The normalized spacial score (nSPS) is 12.8. The summed E-state index contributed by atoms with van der Waals surface area (Å²) in [5.74, 6) is 0.852. The average Bonchev–Trinajstić information content (AvgIpc) is 3.11. The van der Waals surface area contributed by atoms with Crippen molar-refractivity contribution in [2.45, 2.75) is 31.7 Å². The molecule has 1 atom stereocenters. The van der Waals surface area contributed by atoms with Crippen LogP contribution in [0.5, 0.6) is 0 Å². The highest BCUT2D eigenvalue weighted by atomic mass is 16.5. The molecule has 0 aliphatic heterocycles. The molecule has 0 spiro atoms. The van der Waals surface area contributed by atoms with Gasteiger partial charge in [-0.15, -0.1) is 12.3 Å². The van der Waals surface area contributed by atoms with E-state index in [1.165, 1.54) is 4.90 Å². The summed E-state index contributed by atoms with van der Waals surface area (Å²) in [5.41, 5.74) is 4.41. The SMILES string of the molecule is C#CCC(NC(=O)OCC1c2ccccc2-c2ccccc21)C(=O)N(CC)CCC(=O)O. The molecule has 166 valence electrons. The molecular weight excluding hydrogens is 408 g/mol. The zero-order chi connectivity index (χ0) is 23.1. The molecule has 2 N–H and O–H groups in total. The maximum Gasteiger partial charge on any atom is 0.407 e.